The SMILES string of the molecule is C/C(Cc1ccc(Cl)cc1)=C(/c1ccc(Cl)cc1)c1ccc(OCCN2CCOCC2)cc1. The van der Waals surface area contributed by atoms with E-state index in [2.05, 4.69) is 60.4 Å². The number of allylic oxidation sites excluding steroid dienone is 1. The molecule has 1 fully saturated rings. The van der Waals surface area contributed by atoms with E-state index in [9.17, 15) is 0 Å². The summed E-state index contributed by atoms with van der Waals surface area (Å²) >= 11 is 12.2. The van der Waals surface area contributed by atoms with Crippen LogP contribution in [0.1, 0.15) is 23.6 Å². The summed E-state index contributed by atoms with van der Waals surface area (Å²) in [4.78, 5) is 2.37. The molecule has 0 aliphatic carbocycles. The largest absolute Gasteiger partial charge is 0.492 e. The quantitative estimate of drug-likeness (QED) is 0.354. The van der Waals surface area contributed by atoms with Crippen molar-refractivity contribution in [1.82, 2.24) is 4.90 Å². The molecule has 0 saturated carbocycles. The number of rotatable bonds is 8. The van der Waals surface area contributed by atoms with Crippen LogP contribution in [0.5, 0.6) is 5.75 Å². The van der Waals surface area contributed by atoms with Gasteiger partial charge in [0.2, 0.25) is 0 Å². The highest BCUT2D eigenvalue weighted by molar-refractivity contribution is 6.30. The summed E-state index contributed by atoms with van der Waals surface area (Å²) in [6.07, 6.45) is 0.840. The molecule has 1 aliphatic heterocycles. The summed E-state index contributed by atoms with van der Waals surface area (Å²) in [6.45, 7) is 7.35. The van der Waals surface area contributed by atoms with Crippen LogP contribution in [0.25, 0.3) is 5.57 Å². The molecule has 0 amide bonds. The van der Waals surface area contributed by atoms with Gasteiger partial charge in [0.1, 0.15) is 12.4 Å². The number of hydrogen-bond donors (Lipinski definition) is 0. The van der Waals surface area contributed by atoms with E-state index in [0.29, 0.717) is 6.61 Å². The van der Waals surface area contributed by atoms with Gasteiger partial charge in [0, 0.05) is 29.7 Å². The zero-order chi connectivity index (χ0) is 23.0. The predicted octanol–water partition coefficient (Wildman–Crippen LogP) is 6.77. The summed E-state index contributed by atoms with van der Waals surface area (Å²) < 4.78 is 11.4. The fraction of sp³-hybridized carbons (Fsp3) is 0.286. The first-order valence-corrected chi connectivity index (χ1v) is 12.1. The predicted molar refractivity (Wildman–Crippen MR) is 137 cm³/mol. The van der Waals surface area contributed by atoms with Crippen LogP contribution >= 0.6 is 23.2 Å². The minimum atomic E-state index is 0.675. The van der Waals surface area contributed by atoms with E-state index in [1.54, 1.807) is 0 Å². The minimum absolute atomic E-state index is 0.675. The van der Waals surface area contributed by atoms with Crippen LogP contribution in [-0.4, -0.2) is 44.4 Å². The van der Waals surface area contributed by atoms with Gasteiger partial charge in [0.25, 0.3) is 0 Å². The van der Waals surface area contributed by atoms with Crippen molar-refractivity contribution in [2.75, 3.05) is 39.5 Å². The normalized spacial score (nSPS) is 15.2. The summed E-state index contributed by atoms with van der Waals surface area (Å²) in [6, 6.07) is 24.5. The van der Waals surface area contributed by atoms with Gasteiger partial charge >= 0.3 is 0 Å². The fourth-order valence-electron chi connectivity index (χ4n) is 4.11. The van der Waals surface area contributed by atoms with Crippen LogP contribution < -0.4 is 4.74 Å². The maximum atomic E-state index is 6.16. The van der Waals surface area contributed by atoms with E-state index >= 15 is 0 Å². The Morgan fingerprint density at radius 3 is 1.97 bits per heavy atom. The number of morpholine rings is 1. The fourth-order valence-corrected chi connectivity index (χ4v) is 4.36. The third kappa shape index (κ3) is 6.84. The first kappa shape index (κ1) is 23.8. The minimum Gasteiger partial charge on any atom is -0.492 e. The third-order valence-corrected chi connectivity index (χ3v) is 6.37. The lowest BCUT2D eigenvalue weighted by Gasteiger charge is -2.26. The molecule has 33 heavy (non-hydrogen) atoms. The molecule has 0 spiro atoms. The van der Waals surface area contributed by atoms with Gasteiger partial charge in [-0.15, -0.1) is 0 Å². The zero-order valence-electron chi connectivity index (χ0n) is 18.9. The monoisotopic (exact) mass is 481 g/mol. The molecule has 0 atom stereocenters. The van der Waals surface area contributed by atoms with Crippen LogP contribution in [-0.2, 0) is 11.2 Å². The lowest BCUT2D eigenvalue weighted by molar-refractivity contribution is 0.0322. The lowest BCUT2D eigenvalue weighted by Crippen LogP contribution is -2.38. The second kappa shape index (κ2) is 11.7. The van der Waals surface area contributed by atoms with E-state index in [4.69, 9.17) is 32.7 Å². The van der Waals surface area contributed by atoms with Crippen molar-refractivity contribution in [3.05, 3.63) is 105 Å². The molecule has 1 heterocycles. The topological polar surface area (TPSA) is 21.7 Å². The first-order chi connectivity index (χ1) is 16.1. The van der Waals surface area contributed by atoms with Gasteiger partial charge in [0.05, 0.1) is 13.2 Å². The maximum absolute atomic E-state index is 6.16. The third-order valence-electron chi connectivity index (χ3n) is 5.87. The molecule has 3 nitrogen and oxygen atoms in total. The van der Waals surface area contributed by atoms with Crippen LogP contribution in [0.4, 0.5) is 0 Å². The Morgan fingerprint density at radius 1 is 0.818 bits per heavy atom. The molecule has 3 aromatic rings. The van der Waals surface area contributed by atoms with Gasteiger partial charge in [-0.2, -0.15) is 0 Å². The molecule has 5 heteroatoms. The summed E-state index contributed by atoms with van der Waals surface area (Å²) in [5.41, 5.74) is 6.02. The maximum Gasteiger partial charge on any atom is 0.119 e. The molecule has 0 bridgehead atoms. The zero-order valence-corrected chi connectivity index (χ0v) is 20.4. The average Bonchev–Trinajstić information content (AvgIpc) is 2.84. The van der Waals surface area contributed by atoms with E-state index in [-0.39, 0.29) is 0 Å². The van der Waals surface area contributed by atoms with Gasteiger partial charge in [-0.05, 0) is 72.0 Å². The van der Waals surface area contributed by atoms with Gasteiger partial charge in [-0.1, -0.05) is 65.2 Å². The highest BCUT2D eigenvalue weighted by Gasteiger charge is 2.12. The Morgan fingerprint density at radius 2 is 1.36 bits per heavy atom. The molecule has 0 aromatic heterocycles. The Hall–Kier alpha value is -2.30. The second-order valence-electron chi connectivity index (χ2n) is 8.29. The summed E-state index contributed by atoms with van der Waals surface area (Å²) in [5.74, 6) is 0.887. The number of ether oxygens (including phenoxy) is 2. The van der Waals surface area contributed by atoms with E-state index < -0.39 is 0 Å². The molecule has 1 saturated heterocycles. The van der Waals surface area contributed by atoms with Gasteiger partial charge in [-0.25, -0.2) is 0 Å². The standard InChI is InChI=1S/C28H29Cl2NO2/c1-21(20-22-2-8-25(29)9-3-22)28(23-4-10-26(30)11-5-23)24-6-12-27(13-7-24)33-19-16-31-14-17-32-18-15-31/h2-13H,14-20H2,1H3/b28-21+. The van der Waals surface area contributed by atoms with Gasteiger partial charge in [0.15, 0.2) is 0 Å². The molecule has 0 radical (unpaired) electrons. The Kier molecular flexibility index (Phi) is 8.46. The Bertz CT molecular complexity index is 1050. The molecule has 1 aliphatic rings. The smallest absolute Gasteiger partial charge is 0.119 e. The molecule has 0 unspecified atom stereocenters. The summed E-state index contributed by atoms with van der Waals surface area (Å²) in [5, 5.41) is 1.49. The molecule has 0 N–H and O–H groups in total. The van der Waals surface area contributed by atoms with Crippen molar-refractivity contribution in [2.24, 2.45) is 0 Å². The van der Waals surface area contributed by atoms with Gasteiger partial charge in [-0.3, -0.25) is 4.90 Å². The van der Waals surface area contributed by atoms with Crippen molar-refractivity contribution in [1.29, 1.82) is 0 Å². The number of hydrogen-bond acceptors (Lipinski definition) is 3. The van der Waals surface area contributed by atoms with Crippen molar-refractivity contribution >= 4 is 28.8 Å². The lowest BCUT2D eigenvalue weighted by atomic mass is 9.91. The van der Waals surface area contributed by atoms with Crippen LogP contribution in [0.2, 0.25) is 10.0 Å². The molecule has 4 rings (SSSR count). The average molecular weight is 482 g/mol. The van der Waals surface area contributed by atoms with Crippen molar-refractivity contribution in [2.45, 2.75) is 13.3 Å². The van der Waals surface area contributed by atoms with Crippen LogP contribution in [0, 0.1) is 0 Å². The van der Waals surface area contributed by atoms with Crippen LogP contribution in [0.15, 0.2) is 78.4 Å². The Balaban J connectivity index is 1.52. The molecule has 172 valence electrons. The van der Waals surface area contributed by atoms with E-state index in [1.807, 2.05) is 24.3 Å². The van der Waals surface area contributed by atoms with Crippen LogP contribution in [0.3, 0.4) is 0 Å². The van der Waals surface area contributed by atoms with E-state index in [1.165, 1.54) is 16.7 Å². The number of benzene rings is 3. The second-order valence-corrected chi connectivity index (χ2v) is 9.17. The van der Waals surface area contributed by atoms with E-state index in [0.717, 1.165) is 66.2 Å². The van der Waals surface area contributed by atoms with Crippen molar-refractivity contribution in [3.63, 3.8) is 0 Å². The van der Waals surface area contributed by atoms with Crippen molar-refractivity contribution in [3.8, 4) is 5.75 Å². The highest BCUT2D eigenvalue weighted by Crippen LogP contribution is 2.31. The molecular weight excluding hydrogens is 453 g/mol. The van der Waals surface area contributed by atoms with Crippen molar-refractivity contribution < 1.29 is 9.47 Å². The number of nitrogens with zero attached hydrogens (tertiary/aromatic N) is 1. The van der Waals surface area contributed by atoms with Gasteiger partial charge < -0.3 is 9.47 Å². The number of halogens is 2. The molecular formula is C28H29Cl2NO2. The Labute approximate surface area is 206 Å². The first-order valence-electron chi connectivity index (χ1n) is 11.3. The summed E-state index contributed by atoms with van der Waals surface area (Å²) in [7, 11) is 0. The highest BCUT2D eigenvalue weighted by atomic mass is 35.5. The molecule has 3 aromatic carbocycles.